The Balaban J connectivity index is 1.48. The summed E-state index contributed by atoms with van der Waals surface area (Å²) in [6.45, 7) is 4.04. The number of esters is 1. The van der Waals surface area contributed by atoms with Crippen LogP contribution in [0.15, 0.2) is 89.3 Å². The Kier molecular flexibility index (Phi) is 9.09. The number of allylic oxidation sites excluding steroid dienone is 3. The van der Waals surface area contributed by atoms with Gasteiger partial charge in [0.05, 0.1) is 17.2 Å². The molecule has 9 heteroatoms. The van der Waals surface area contributed by atoms with E-state index in [9.17, 15) is 14.7 Å². The molecule has 0 bridgehead atoms. The molecule has 42 heavy (non-hydrogen) atoms. The van der Waals surface area contributed by atoms with Crippen LogP contribution in [-0.2, 0) is 14.3 Å². The van der Waals surface area contributed by atoms with Crippen molar-refractivity contribution in [1.82, 2.24) is 5.32 Å². The lowest BCUT2D eigenvalue weighted by molar-refractivity contribution is -0.140. The molecule has 3 aromatic rings. The van der Waals surface area contributed by atoms with Crippen molar-refractivity contribution in [2.24, 2.45) is 0 Å². The van der Waals surface area contributed by atoms with Crippen LogP contribution in [0.1, 0.15) is 49.7 Å². The third-order valence-electron chi connectivity index (χ3n) is 7.40. The van der Waals surface area contributed by atoms with E-state index in [0.717, 1.165) is 11.3 Å². The minimum absolute atomic E-state index is 0.0102. The van der Waals surface area contributed by atoms with Crippen molar-refractivity contribution in [1.29, 1.82) is 0 Å². The van der Waals surface area contributed by atoms with Crippen LogP contribution in [0.3, 0.4) is 0 Å². The molecular weight excluding hydrogens is 577 g/mol. The number of phenols is 1. The molecule has 0 radical (unpaired) electrons. The van der Waals surface area contributed by atoms with Gasteiger partial charge in [-0.2, -0.15) is 0 Å². The lowest BCUT2D eigenvalue weighted by atomic mass is 9.71. The molecular formula is C33H31Cl2NO6. The van der Waals surface area contributed by atoms with Gasteiger partial charge >= 0.3 is 5.97 Å². The SMILES string of the molecule is CCOc1cc([C@@H]2C(C(=O)OCCOc3ccccc3)=C(C)NC3=C2C(=O)C[C@@H](c2ccc(Cl)cc2)C3)cc(Cl)c1O. The summed E-state index contributed by atoms with van der Waals surface area (Å²) in [5.41, 5.74) is 3.62. The number of carbonyl (C=O) groups excluding carboxylic acids is 2. The van der Waals surface area contributed by atoms with Crippen LogP contribution in [0.2, 0.25) is 10.0 Å². The molecule has 0 saturated carbocycles. The number of para-hydroxylation sites is 1. The Hall–Kier alpha value is -3.94. The summed E-state index contributed by atoms with van der Waals surface area (Å²) in [5.74, 6) is -0.874. The molecule has 3 aromatic carbocycles. The molecule has 0 fully saturated rings. The number of halogens is 2. The van der Waals surface area contributed by atoms with E-state index in [1.54, 1.807) is 26.0 Å². The van der Waals surface area contributed by atoms with E-state index in [2.05, 4.69) is 5.32 Å². The third-order valence-corrected chi connectivity index (χ3v) is 7.94. The normalized spacial score (nSPS) is 18.3. The van der Waals surface area contributed by atoms with Crippen LogP contribution in [0.25, 0.3) is 0 Å². The van der Waals surface area contributed by atoms with Crippen LogP contribution in [-0.4, -0.2) is 36.7 Å². The van der Waals surface area contributed by atoms with Gasteiger partial charge in [-0.05, 0) is 73.7 Å². The van der Waals surface area contributed by atoms with E-state index >= 15 is 0 Å². The maximum absolute atomic E-state index is 13.9. The molecule has 0 saturated heterocycles. The molecule has 5 rings (SSSR count). The molecule has 2 aliphatic rings. The number of aromatic hydroxyl groups is 1. The van der Waals surface area contributed by atoms with Gasteiger partial charge in [0, 0.05) is 34.3 Å². The van der Waals surface area contributed by atoms with Gasteiger partial charge < -0.3 is 24.6 Å². The first-order valence-electron chi connectivity index (χ1n) is 13.8. The van der Waals surface area contributed by atoms with E-state index in [-0.39, 0.29) is 53.4 Å². The van der Waals surface area contributed by atoms with Gasteiger partial charge in [-0.25, -0.2) is 4.79 Å². The van der Waals surface area contributed by atoms with Gasteiger partial charge in [0.1, 0.15) is 19.0 Å². The van der Waals surface area contributed by atoms with Crippen molar-refractivity contribution in [2.75, 3.05) is 19.8 Å². The first-order chi connectivity index (χ1) is 20.3. The maximum Gasteiger partial charge on any atom is 0.336 e. The fourth-order valence-electron chi connectivity index (χ4n) is 5.53. The minimum Gasteiger partial charge on any atom is -0.503 e. The van der Waals surface area contributed by atoms with Crippen LogP contribution in [0.5, 0.6) is 17.2 Å². The second kappa shape index (κ2) is 12.9. The van der Waals surface area contributed by atoms with E-state index in [1.807, 2.05) is 54.6 Å². The predicted molar refractivity (Wildman–Crippen MR) is 161 cm³/mol. The maximum atomic E-state index is 13.9. The van der Waals surface area contributed by atoms with Crippen molar-refractivity contribution in [3.05, 3.63) is 110 Å². The number of ketones is 1. The van der Waals surface area contributed by atoms with Crippen LogP contribution in [0.4, 0.5) is 0 Å². The summed E-state index contributed by atoms with van der Waals surface area (Å²) < 4.78 is 17.0. The largest absolute Gasteiger partial charge is 0.503 e. The highest BCUT2D eigenvalue weighted by Gasteiger charge is 2.42. The zero-order chi connectivity index (χ0) is 29.8. The van der Waals surface area contributed by atoms with Crippen molar-refractivity contribution >= 4 is 35.0 Å². The molecule has 218 valence electrons. The van der Waals surface area contributed by atoms with Crippen LogP contribution in [0, 0.1) is 0 Å². The lowest BCUT2D eigenvalue weighted by Gasteiger charge is -2.37. The zero-order valence-electron chi connectivity index (χ0n) is 23.3. The smallest absolute Gasteiger partial charge is 0.336 e. The van der Waals surface area contributed by atoms with Gasteiger partial charge in [0.2, 0.25) is 0 Å². The monoisotopic (exact) mass is 607 g/mol. The zero-order valence-corrected chi connectivity index (χ0v) is 24.8. The molecule has 0 unspecified atom stereocenters. The fraction of sp³-hybridized carbons (Fsp3) is 0.273. The predicted octanol–water partition coefficient (Wildman–Crippen LogP) is 7.08. The number of carbonyl (C=O) groups is 2. The lowest BCUT2D eigenvalue weighted by Crippen LogP contribution is -2.36. The summed E-state index contributed by atoms with van der Waals surface area (Å²) in [4.78, 5) is 27.5. The Labute approximate surface area is 254 Å². The Morgan fingerprint density at radius 1 is 0.976 bits per heavy atom. The van der Waals surface area contributed by atoms with Crippen LogP contribution >= 0.6 is 23.2 Å². The van der Waals surface area contributed by atoms with Gasteiger partial charge in [-0.15, -0.1) is 0 Å². The summed E-state index contributed by atoms with van der Waals surface area (Å²) in [6, 6.07) is 19.9. The van der Waals surface area contributed by atoms with Crippen molar-refractivity contribution < 1.29 is 28.9 Å². The molecule has 7 nitrogen and oxygen atoms in total. The Morgan fingerprint density at radius 2 is 1.71 bits per heavy atom. The number of rotatable bonds is 9. The van der Waals surface area contributed by atoms with E-state index in [0.29, 0.717) is 40.6 Å². The summed E-state index contributed by atoms with van der Waals surface area (Å²) in [7, 11) is 0. The summed E-state index contributed by atoms with van der Waals surface area (Å²) >= 11 is 12.5. The van der Waals surface area contributed by atoms with Crippen LogP contribution < -0.4 is 14.8 Å². The minimum atomic E-state index is -0.778. The number of hydrogen-bond donors (Lipinski definition) is 2. The number of Topliss-reactive ketones (excluding diaryl/α,β-unsaturated/α-hetero) is 1. The van der Waals surface area contributed by atoms with Crippen molar-refractivity contribution in [3.8, 4) is 17.2 Å². The number of hydrogen-bond acceptors (Lipinski definition) is 7. The highest BCUT2D eigenvalue weighted by atomic mass is 35.5. The number of phenolic OH excluding ortho intramolecular Hbond substituents is 1. The van der Waals surface area contributed by atoms with E-state index in [1.165, 1.54) is 0 Å². The highest BCUT2D eigenvalue weighted by Crippen LogP contribution is 2.48. The summed E-state index contributed by atoms with van der Waals surface area (Å²) in [6.07, 6.45) is 0.822. The number of nitrogens with one attached hydrogen (secondary N) is 1. The standard InChI is InChI=1S/C33H31Cl2NO6/c1-3-40-28-18-22(15-25(35)32(28)38)30-29(33(39)42-14-13-41-24-7-5-4-6-8-24)19(2)36-26-16-21(17-27(37)31(26)30)20-9-11-23(34)12-10-20/h4-12,15,18,21,30,36,38H,3,13-14,16-17H2,1-2H3/t21-,30+/m0/s1. The number of ether oxygens (including phenoxy) is 3. The first-order valence-corrected chi connectivity index (χ1v) is 14.5. The van der Waals surface area contributed by atoms with Gasteiger partial charge in [0.15, 0.2) is 17.3 Å². The second-order valence-corrected chi connectivity index (χ2v) is 11.0. The van der Waals surface area contributed by atoms with Crippen molar-refractivity contribution in [2.45, 2.75) is 38.5 Å². The molecule has 1 aliphatic heterocycles. The molecule has 0 spiro atoms. The molecule has 1 heterocycles. The average molecular weight is 609 g/mol. The molecule has 1 aliphatic carbocycles. The highest BCUT2D eigenvalue weighted by molar-refractivity contribution is 6.32. The molecule has 2 atom stereocenters. The number of benzene rings is 3. The van der Waals surface area contributed by atoms with Gasteiger partial charge in [0.25, 0.3) is 0 Å². The summed E-state index contributed by atoms with van der Waals surface area (Å²) in [5, 5.41) is 14.5. The third kappa shape index (κ3) is 6.27. The Morgan fingerprint density at radius 3 is 2.43 bits per heavy atom. The molecule has 2 N–H and O–H groups in total. The quantitative estimate of drug-likeness (QED) is 0.198. The Bertz CT molecular complexity index is 1550. The average Bonchev–Trinajstić information content (AvgIpc) is 2.97. The topological polar surface area (TPSA) is 94.1 Å². The van der Waals surface area contributed by atoms with Gasteiger partial charge in [-0.3, -0.25) is 4.79 Å². The number of dihydropyridines is 1. The second-order valence-electron chi connectivity index (χ2n) is 10.1. The first kappa shape index (κ1) is 29.5. The van der Waals surface area contributed by atoms with E-state index < -0.39 is 11.9 Å². The van der Waals surface area contributed by atoms with Crippen molar-refractivity contribution in [3.63, 3.8) is 0 Å². The fourth-order valence-corrected chi connectivity index (χ4v) is 5.87. The van der Waals surface area contributed by atoms with Gasteiger partial charge in [-0.1, -0.05) is 53.5 Å². The van der Waals surface area contributed by atoms with E-state index in [4.69, 9.17) is 37.4 Å². The molecule has 0 aromatic heterocycles. The molecule has 0 amide bonds.